The molecule has 2 heteroatoms. The van der Waals surface area contributed by atoms with Crippen LogP contribution in [0.25, 0.3) is 22.1 Å². The summed E-state index contributed by atoms with van der Waals surface area (Å²) in [7, 11) is 0. The molecule has 2 aromatic carbocycles. The number of hydrogen-bond acceptors (Lipinski definition) is 2. The highest BCUT2D eigenvalue weighted by molar-refractivity contribution is 5.85. The maximum atomic E-state index is 12.7. The van der Waals surface area contributed by atoms with Crippen LogP contribution in [0.3, 0.4) is 0 Å². The molecule has 1 heterocycles. The van der Waals surface area contributed by atoms with Gasteiger partial charge in [-0.25, -0.2) is 0 Å². The van der Waals surface area contributed by atoms with Gasteiger partial charge in [0, 0.05) is 0 Å². The third-order valence-electron chi connectivity index (χ3n) is 3.58. The standard InChI is InChI=1S/C18H16O2/c1-11-4-6-14(7-5-11)15-10-20-16-9-12(2)8-13(3)17(16)18(15)19/h4-10H,1-3H3. The van der Waals surface area contributed by atoms with E-state index in [1.54, 1.807) is 6.26 Å². The monoisotopic (exact) mass is 264 g/mol. The zero-order valence-electron chi connectivity index (χ0n) is 11.9. The number of aryl methyl sites for hydroxylation is 3. The van der Waals surface area contributed by atoms with Crippen LogP contribution in [0.1, 0.15) is 16.7 Å². The van der Waals surface area contributed by atoms with Gasteiger partial charge in [0.2, 0.25) is 5.43 Å². The highest BCUT2D eigenvalue weighted by Gasteiger charge is 2.11. The summed E-state index contributed by atoms with van der Waals surface area (Å²) in [5, 5.41) is 0.675. The molecule has 0 unspecified atom stereocenters. The van der Waals surface area contributed by atoms with Crippen molar-refractivity contribution >= 4 is 11.0 Å². The van der Waals surface area contributed by atoms with Crippen molar-refractivity contribution in [3.05, 3.63) is 69.6 Å². The molecule has 0 bridgehead atoms. The summed E-state index contributed by atoms with van der Waals surface area (Å²) in [5.41, 5.74) is 5.43. The Balaban J connectivity index is 2.31. The van der Waals surface area contributed by atoms with Crippen LogP contribution in [0.2, 0.25) is 0 Å². The summed E-state index contributed by atoms with van der Waals surface area (Å²) in [6.45, 7) is 5.98. The average Bonchev–Trinajstić information content (AvgIpc) is 2.39. The fourth-order valence-electron chi connectivity index (χ4n) is 2.56. The molecule has 0 spiro atoms. The molecule has 0 aliphatic rings. The van der Waals surface area contributed by atoms with Gasteiger partial charge in [0.25, 0.3) is 0 Å². The maximum Gasteiger partial charge on any atom is 0.200 e. The van der Waals surface area contributed by atoms with Crippen molar-refractivity contribution in [3.8, 4) is 11.1 Å². The van der Waals surface area contributed by atoms with Gasteiger partial charge in [-0.05, 0) is 43.5 Å². The lowest BCUT2D eigenvalue weighted by Crippen LogP contribution is -2.06. The van der Waals surface area contributed by atoms with E-state index in [1.165, 1.54) is 5.56 Å². The van der Waals surface area contributed by atoms with Gasteiger partial charge >= 0.3 is 0 Å². The molecular formula is C18H16O2. The predicted molar refractivity (Wildman–Crippen MR) is 82.1 cm³/mol. The molecule has 0 N–H and O–H groups in total. The highest BCUT2D eigenvalue weighted by Crippen LogP contribution is 2.23. The Morgan fingerprint density at radius 3 is 2.30 bits per heavy atom. The van der Waals surface area contributed by atoms with Gasteiger partial charge in [0.15, 0.2) is 0 Å². The van der Waals surface area contributed by atoms with Crippen molar-refractivity contribution < 1.29 is 4.42 Å². The first-order chi connectivity index (χ1) is 9.56. The van der Waals surface area contributed by atoms with Gasteiger partial charge in [0.1, 0.15) is 11.8 Å². The zero-order chi connectivity index (χ0) is 14.3. The Hall–Kier alpha value is -2.35. The van der Waals surface area contributed by atoms with Gasteiger partial charge in [0.05, 0.1) is 10.9 Å². The van der Waals surface area contributed by atoms with E-state index in [-0.39, 0.29) is 5.43 Å². The van der Waals surface area contributed by atoms with Gasteiger partial charge < -0.3 is 4.42 Å². The smallest absolute Gasteiger partial charge is 0.200 e. The average molecular weight is 264 g/mol. The Morgan fingerprint density at radius 1 is 0.900 bits per heavy atom. The summed E-state index contributed by atoms with van der Waals surface area (Å²) < 4.78 is 5.67. The molecule has 0 saturated heterocycles. The molecule has 0 amide bonds. The molecule has 0 aliphatic carbocycles. The van der Waals surface area contributed by atoms with Crippen LogP contribution in [0.4, 0.5) is 0 Å². The lowest BCUT2D eigenvalue weighted by molar-refractivity contribution is 0.604. The van der Waals surface area contributed by atoms with E-state index in [0.29, 0.717) is 16.5 Å². The normalized spacial score (nSPS) is 10.9. The van der Waals surface area contributed by atoms with Crippen LogP contribution in [-0.2, 0) is 0 Å². The topological polar surface area (TPSA) is 30.2 Å². The van der Waals surface area contributed by atoms with Crippen molar-refractivity contribution in [1.29, 1.82) is 0 Å². The SMILES string of the molecule is Cc1ccc(-c2coc3cc(C)cc(C)c3c2=O)cc1. The Bertz CT molecular complexity index is 840. The third-order valence-corrected chi connectivity index (χ3v) is 3.58. The first kappa shape index (κ1) is 12.7. The molecule has 0 saturated carbocycles. The van der Waals surface area contributed by atoms with Crippen LogP contribution >= 0.6 is 0 Å². The number of fused-ring (bicyclic) bond motifs is 1. The third kappa shape index (κ3) is 2.03. The minimum absolute atomic E-state index is 0.0348. The fraction of sp³-hybridized carbons (Fsp3) is 0.167. The molecule has 3 rings (SSSR count). The van der Waals surface area contributed by atoms with E-state index in [1.807, 2.05) is 57.2 Å². The van der Waals surface area contributed by atoms with E-state index in [2.05, 4.69) is 0 Å². The number of hydrogen-bond donors (Lipinski definition) is 0. The predicted octanol–water partition coefficient (Wildman–Crippen LogP) is 4.39. The van der Waals surface area contributed by atoms with Gasteiger partial charge in [-0.3, -0.25) is 4.79 Å². The molecule has 100 valence electrons. The van der Waals surface area contributed by atoms with Crippen molar-refractivity contribution in [2.24, 2.45) is 0 Å². The summed E-state index contributed by atoms with van der Waals surface area (Å²) in [5.74, 6) is 0. The molecular weight excluding hydrogens is 248 g/mol. The van der Waals surface area contributed by atoms with Crippen LogP contribution in [0, 0.1) is 20.8 Å². The second kappa shape index (κ2) is 4.64. The second-order valence-corrected chi connectivity index (χ2v) is 5.30. The van der Waals surface area contributed by atoms with Crippen LogP contribution in [-0.4, -0.2) is 0 Å². The van der Waals surface area contributed by atoms with Crippen LogP contribution in [0.5, 0.6) is 0 Å². The van der Waals surface area contributed by atoms with E-state index in [4.69, 9.17) is 4.42 Å². The van der Waals surface area contributed by atoms with Crippen LogP contribution < -0.4 is 5.43 Å². The summed E-state index contributed by atoms with van der Waals surface area (Å²) in [6.07, 6.45) is 1.56. The minimum atomic E-state index is 0.0348. The molecule has 0 atom stereocenters. The van der Waals surface area contributed by atoms with E-state index in [9.17, 15) is 4.79 Å². The van der Waals surface area contributed by atoms with E-state index >= 15 is 0 Å². The fourth-order valence-corrected chi connectivity index (χ4v) is 2.56. The molecule has 0 radical (unpaired) electrons. The number of rotatable bonds is 1. The van der Waals surface area contributed by atoms with Gasteiger partial charge in [-0.15, -0.1) is 0 Å². The molecule has 2 nitrogen and oxygen atoms in total. The Morgan fingerprint density at radius 2 is 1.60 bits per heavy atom. The molecule has 3 aromatic rings. The van der Waals surface area contributed by atoms with Crippen molar-refractivity contribution in [2.45, 2.75) is 20.8 Å². The van der Waals surface area contributed by atoms with Crippen molar-refractivity contribution in [1.82, 2.24) is 0 Å². The lowest BCUT2D eigenvalue weighted by Gasteiger charge is -2.06. The lowest BCUT2D eigenvalue weighted by atomic mass is 10.0. The van der Waals surface area contributed by atoms with E-state index < -0.39 is 0 Å². The quantitative estimate of drug-likeness (QED) is 0.652. The van der Waals surface area contributed by atoms with Gasteiger partial charge in [-0.2, -0.15) is 0 Å². The highest BCUT2D eigenvalue weighted by atomic mass is 16.3. The first-order valence-electron chi connectivity index (χ1n) is 6.66. The molecule has 0 aliphatic heterocycles. The van der Waals surface area contributed by atoms with Crippen molar-refractivity contribution in [2.75, 3.05) is 0 Å². The first-order valence-corrected chi connectivity index (χ1v) is 6.66. The largest absolute Gasteiger partial charge is 0.463 e. The molecule has 20 heavy (non-hydrogen) atoms. The minimum Gasteiger partial charge on any atom is -0.463 e. The number of benzene rings is 2. The second-order valence-electron chi connectivity index (χ2n) is 5.30. The molecule has 0 fully saturated rings. The van der Waals surface area contributed by atoms with Crippen molar-refractivity contribution in [3.63, 3.8) is 0 Å². The van der Waals surface area contributed by atoms with Gasteiger partial charge in [-0.1, -0.05) is 35.9 Å². The molecule has 1 aromatic heterocycles. The summed E-state index contributed by atoms with van der Waals surface area (Å²) in [6, 6.07) is 11.8. The van der Waals surface area contributed by atoms with E-state index in [0.717, 1.165) is 16.7 Å². The van der Waals surface area contributed by atoms with Crippen LogP contribution in [0.15, 0.2) is 51.9 Å². The summed E-state index contributed by atoms with van der Waals surface area (Å²) in [4.78, 5) is 12.7. The zero-order valence-corrected chi connectivity index (χ0v) is 11.9. The maximum absolute atomic E-state index is 12.7. The Labute approximate surface area is 117 Å². The summed E-state index contributed by atoms with van der Waals surface area (Å²) >= 11 is 0. The Kier molecular flexibility index (Phi) is 2.94.